The summed E-state index contributed by atoms with van der Waals surface area (Å²) in [5.41, 5.74) is 5.53. The van der Waals surface area contributed by atoms with Crippen molar-refractivity contribution in [3.63, 3.8) is 0 Å². The van der Waals surface area contributed by atoms with Crippen LogP contribution in [0.15, 0.2) is 0 Å². The molecule has 0 spiro atoms. The van der Waals surface area contributed by atoms with E-state index < -0.39 is 17.9 Å². The summed E-state index contributed by atoms with van der Waals surface area (Å²) < 4.78 is 0. The van der Waals surface area contributed by atoms with Gasteiger partial charge < -0.3 is 16.2 Å². The van der Waals surface area contributed by atoms with Crippen LogP contribution >= 0.6 is 0 Å². The molecule has 5 heteroatoms. The van der Waals surface area contributed by atoms with E-state index in [-0.39, 0.29) is 12.5 Å². The summed E-state index contributed by atoms with van der Waals surface area (Å²) in [6.45, 7) is 3.60. The quantitative estimate of drug-likeness (QED) is 0.563. The maximum atomic E-state index is 11.2. The molecule has 1 unspecified atom stereocenters. The van der Waals surface area contributed by atoms with E-state index in [0.717, 1.165) is 6.42 Å². The highest BCUT2D eigenvalue weighted by Crippen LogP contribution is 1.95. The Balaban J connectivity index is 3.78. The van der Waals surface area contributed by atoms with Gasteiger partial charge in [0.1, 0.15) is 0 Å². The average Bonchev–Trinajstić information content (AvgIpc) is 2.13. The van der Waals surface area contributed by atoms with E-state index in [4.69, 9.17) is 10.8 Å². The fourth-order valence-electron chi connectivity index (χ4n) is 0.914. The highest BCUT2D eigenvalue weighted by atomic mass is 16.4. The molecule has 5 nitrogen and oxygen atoms in total. The molecule has 0 saturated heterocycles. The first-order valence-electron chi connectivity index (χ1n) is 4.75. The largest absolute Gasteiger partial charge is 0.481 e. The van der Waals surface area contributed by atoms with Gasteiger partial charge >= 0.3 is 5.97 Å². The molecular formula is C9H18N2O3. The van der Waals surface area contributed by atoms with Gasteiger partial charge in [0.25, 0.3) is 0 Å². The van der Waals surface area contributed by atoms with E-state index in [1.165, 1.54) is 6.92 Å². The minimum Gasteiger partial charge on any atom is -0.481 e. The summed E-state index contributed by atoms with van der Waals surface area (Å²) in [4.78, 5) is 21.7. The van der Waals surface area contributed by atoms with Crippen LogP contribution in [0, 0.1) is 5.92 Å². The minimum absolute atomic E-state index is 0.131. The molecule has 0 aromatic heterocycles. The Hall–Kier alpha value is -1.10. The van der Waals surface area contributed by atoms with Crippen LogP contribution in [0.2, 0.25) is 0 Å². The van der Waals surface area contributed by atoms with E-state index in [1.54, 1.807) is 0 Å². The fourth-order valence-corrected chi connectivity index (χ4v) is 0.914. The van der Waals surface area contributed by atoms with Crippen LogP contribution in [0.25, 0.3) is 0 Å². The van der Waals surface area contributed by atoms with Crippen LogP contribution in [-0.4, -0.2) is 29.6 Å². The van der Waals surface area contributed by atoms with Crippen molar-refractivity contribution in [2.24, 2.45) is 11.7 Å². The molecule has 0 aromatic carbocycles. The third-order valence-electron chi connectivity index (χ3n) is 1.94. The van der Waals surface area contributed by atoms with Gasteiger partial charge in [-0.15, -0.1) is 0 Å². The van der Waals surface area contributed by atoms with Crippen LogP contribution in [0.5, 0.6) is 0 Å². The van der Waals surface area contributed by atoms with Crippen molar-refractivity contribution in [3.8, 4) is 0 Å². The maximum Gasteiger partial charge on any atom is 0.308 e. The molecule has 0 aromatic rings. The lowest BCUT2D eigenvalue weighted by Crippen LogP contribution is -2.42. The first kappa shape index (κ1) is 12.9. The minimum atomic E-state index is -0.922. The Kier molecular flexibility index (Phi) is 5.87. The maximum absolute atomic E-state index is 11.2. The van der Waals surface area contributed by atoms with Gasteiger partial charge in [0.15, 0.2) is 0 Å². The number of carbonyl (C=O) groups is 2. The third-order valence-corrected chi connectivity index (χ3v) is 1.94. The molecule has 0 radical (unpaired) electrons. The zero-order valence-corrected chi connectivity index (χ0v) is 8.62. The number of aliphatic carboxylic acids is 1. The highest BCUT2D eigenvalue weighted by Gasteiger charge is 2.15. The lowest BCUT2D eigenvalue weighted by Gasteiger charge is -2.12. The molecular weight excluding hydrogens is 184 g/mol. The molecule has 0 fully saturated rings. The Morgan fingerprint density at radius 1 is 1.50 bits per heavy atom. The first-order valence-corrected chi connectivity index (χ1v) is 4.75. The van der Waals surface area contributed by atoms with E-state index in [0.29, 0.717) is 6.42 Å². The van der Waals surface area contributed by atoms with Crippen LogP contribution in [0.4, 0.5) is 0 Å². The normalized spacial score (nSPS) is 14.5. The second-order valence-corrected chi connectivity index (χ2v) is 3.38. The Morgan fingerprint density at radius 2 is 2.07 bits per heavy atom. The van der Waals surface area contributed by atoms with Crippen molar-refractivity contribution in [3.05, 3.63) is 0 Å². The topological polar surface area (TPSA) is 92.4 Å². The van der Waals surface area contributed by atoms with Crippen molar-refractivity contribution in [1.82, 2.24) is 5.32 Å². The Morgan fingerprint density at radius 3 is 2.50 bits per heavy atom. The van der Waals surface area contributed by atoms with Crippen molar-refractivity contribution in [2.75, 3.05) is 6.54 Å². The molecule has 4 N–H and O–H groups in total. The van der Waals surface area contributed by atoms with Crippen molar-refractivity contribution in [1.29, 1.82) is 0 Å². The second-order valence-electron chi connectivity index (χ2n) is 3.38. The number of carboxylic acids is 1. The van der Waals surface area contributed by atoms with Gasteiger partial charge in [-0.3, -0.25) is 9.59 Å². The highest BCUT2D eigenvalue weighted by molar-refractivity contribution is 5.82. The number of nitrogens with two attached hydrogens (primary N) is 1. The third kappa shape index (κ3) is 4.81. The van der Waals surface area contributed by atoms with Gasteiger partial charge in [-0.05, 0) is 6.42 Å². The molecule has 0 aliphatic carbocycles. The number of hydrogen-bond donors (Lipinski definition) is 3. The molecule has 0 aliphatic rings. The molecule has 0 saturated carbocycles. The lowest BCUT2D eigenvalue weighted by molar-refractivity contribution is -0.141. The monoisotopic (exact) mass is 202 g/mol. The smallest absolute Gasteiger partial charge is 0.308 e. The first-order chi connectivity index (χ1) is 6.49. The average molecular weight is 202 g/mol. The molecule has 0 bridgehead atoms. The molecule has 0 heterocycles. The number of carbonyl (C=O) groups excluding carboxylic acids is 1. The molecule has 2 atom stereocenters. The van der Waals surface area contributed by atoms with Crippen molar-refractivity contribution < 1.29 is 14.7 Å². The summed E-state index contributed by atoms with van der Waals surface area (Å²) in [7, 11) is 0. The van der Waals surface area contributed by atoms with Gasteiger partial charge in [-0.2, -0.15) is 0 Å². The molecule has 1 amide bonds. The Labute approximate surface area is 83.7 Å². The van der Waals surface area contributed by atoms with Gasteiger partial charge in [0.2, 0.25) is 5.91 Å². The number of hydrogen-bond acceptors (Lipinski definition) is 3. The predicted molar refractivity (Wildman–Crippen MR) is 52.7 cm³/mol. The molecule has 0 rings (SSSR count). The SMILES string of the molecule is CCC[C@H](N)C(=O)NCC(C)C(=O)O. The zero-order valence-electron chi connectivity index (χ0n) is 8.62. The van der Waals surface area contributed by atoms with Crippen LogP contribution in [0.3, 0.4) is 0 Å². The Bertz CT molecular complexity index is 206. The number of amides is 1. The summed E-state index contributed by atoms with van der Waals surface area (Å²) in [6.07, 6.45) is 1.45. The standard InChI is InChI=1S/C9H18N2O3/c1-3-4-7(10)8(12)11-5-6(2)9(13)14/h6-7H,3-5,10H2,1-2H3,(H,11,12)(H,13,14)/t6?,7-/m0/s1. The summed E-state index contributed by atoms with van der Waals surface area (Å²) in [6, 6.07) is -0.527. The lowest BCUT2D eigenvalue weighted by atomic mass is 10.1. The molecule has 0 aliphatic heterocycles. The van der Waals surface area contributed by atoms with Gasteiger partial charge in [0, 0.05) is 6.54 Å². The summed E-state index contributed by atoms with van der Waals surface area (Å²) >= 11 is 0. The molecule has 14 heavy (non-hydrogen) atoms. The number of carboxylic acid groups (broad SMARTS) is 1. The zero-order chi connectivity index (χ0) is 11.1. The number of nitrogens with one attached hydrogen (secondary N) is 1. The van der Waals surface area contributed by atoms with Gasteiger partial charge in [-0.1, -0.05) is 20.3 Å². The summed E-state index contributed by atoms with van der Waals surface area (Å²) in [5.74, 6) is -1.78. The summed E-state index contributed by atoms with van der Waals surface area (Å²) in [5, 5.41) is 11.1. The number of rotatable bonds is 6. The van der Waals surface area contributed by atoms with Crippen molar-refractivity contribution >= 4 is 11.9 Å². The second kappa shape index (κ2) is 6.37. The predicted octanol–water partition coefficient (Wildman–Crippen LogP) is -0.0493. The fraction of sp³-hybridized carbons (Fsp3) is 0.778. The van der Waals surface area contributed by atoms with Crippen LogP contribution in [-0.2, 0) is 9.59 Å². The molecule has 82 valence electrons. The van der Waals surface area contributed by atoms with Gasteiger partial charge in [-0.25, -0.2) is 0 Å². The van der Waals surface area contributed by atoms with Crippen LogP contribution < -0.4 is 11.1 Å². The van der Waals surface area contributed by atoms with E-state index in [2.05, 4.69) is 5.32 Å². The van der Waals surface area contributed by atoms with E-state index >= 15 is 0 Å². The van der Waals surface area contributed by atoms with E-state index in [9.17, 15) is 9.59 Å². The van der Waals surface area contributed by atoms with E-state index in [1.807, 2.05) is 6.92 Å². The van der Waals surface area contributed by atoms with Crippen LogP contribution in [0.1, 0.15) is 26.7 Å². The van der Waals surface area contributed by atoms with Gasteiger partial charge in [0.05, 0.1) is 12.0 Å². The van der Waals surface area contributed by atoms with Crippen molar-refractivity contribution in [2.45, 2.75) is 32.7 Å².